The maximum absolute atomic E-state index is 6.67. The lowest BCUT2D eigenvalue weighted by molar-refractivity contribution is 0.471. The lowest BCUT2D eigenvalue weighted by Gasteiger charge is -2.46. The summed E-state index contributed by atoms with van der Waals surface area (Å²) < 4.78 is 6.67. The molecule has 10 rings (SSSR count). The average Bonchev–Trinajstić information content (AvgIpc) is 3.20. The Kier molecular flexibility index (Phi) is 7.06. The summed E-state index contributed by atoms with van der Waals surface area (Å²) in [4.78, 5) is 4.80. The summed E-state index contributed by atoms with van der Waals surface area (Å²) in [5, 5.41) is 2.44. The largest absolute Gasteiger partial charge is 0.453 e. The fraction of sp³-hybridized carbons (Fsp3) is 0.0800. The highest BCUT2D eigenvalue weighted by molar-refractivity contribution is 5.98. The van der Waals surface area contributed by atoms with Crippen molar-refractivity contribution in [2.75, 3.05) is 9.80 Å². The number of fused-ring (bicyclic) bond motifs is 5. The van der Waals surface area contributed by atoms with E-state index < -0.39 is 0 Å². The van der Waals surface area contributed by atoms with Crippen molar-refractivity contribution in [2.24, 2.45) is 0 Å². The molecule has 2 heterocycles. The minimum atomic E-state index is -0.270. The van der Waals surface area contributed by atoms with Crippen LogP contribution >= 0.6 is 0 Å². The molecule has 0 saturated heterocycles. The predicted molar refractivity (Wildman–Crippen MR) is 221 cm³/mol. The lowest BCUT2D eigenvalue weighted by atomic mass is 9.70. The van der Waals surface area contributed by atoms with E-state index in [0.717, 1.165) is 39.9 Å². The Labute approximate surface area is 311 Å². The molecular weight excluding hydrogens is 645 g/mol. The molecule has 0 radical (unpaired) electrons. The molecule has 0 amide bonds. The van der Waals surface area contributed by atoms with Crippen molar-refractivity contribution in [3.05, 3.63) is 193 Å². The van der Waals surface area contributed by atoms with Gasteiger partial charge in [0.1, 0.15) is 0 Å². The molecule has 0 saturated carbocycles. The summed E-state index contributed by atoms with van der Waals surface area (Å²) in [6, 6.07) is 63.4. The van der Waals surface area contributed by atoms with Gasteiger partial charge >= 0.3 is 0 Å². The molecule has 2 aliphatic heterocycles. The van der Waals surface area contributed by atoms with Gasteiger partial charge in [-0.25, -0.2) is 0 Å². The van der Waals surface area contributed by atoms with Crippen LogP contribution in [0, 0.1) is 6.92 Å². The van der Waals surface area contributed by atoms with E-state index in [9.17, 15) is 0 Å². The van der Waals surface area contributed by atoms with E-state index in [2.05, 4.69) is 206 Å². The van der Waals surface area contributed by atoms with Crippen molar-refractivity contribution in [1.29, 1.82) is 0 Å². The van der Waals surface area contributed by atoms with Crippen LogP contribution in [0.25, 0.3) is 33.0 Å². The van der Waals surface area contributed by atoms with Gasteiger partial charge in [-0.3, -0.25) is 0 Å². The first-order valence-corrected chi connectivity index (χ1v) is 18.4. The number of nitrogens with zero attached hydrogens (tertiary/aromatic N) is 2. The number of anilines is 6. The Hall–Kier alpha value is -6.58. The van der Waals surface area contributed by atoms with Crippen LogP contribution in [0.1, 0.15) is 30.5 Å². The highest BCUT2D eigenvalue weighted by atomic mass is 16.5. The third-order valence-corrected chi connectivity index (χ3v) is 11.1. The Bertz CT molecular complexity index is 2680. The van der Waals surface area contributed by atoms with Gasteiger partial charge in [-0.15, -0.1) is 0 Å². The predicted octanol–water partition coefficient (Wildman–Crippen LogP) is 14.2. The molecule has 3 heteroatoms. The van der Waals surface area contributed by atoms with E-state index in [4.69, 9.17) is 4.74 Å². The van der Waals surface area contributed by atoms with Gasteiger partial charge in [0.25, 0.3) is 0 Å². The van der Waals surface area contributed by atoms with Crippen molar-refractivity contribution < 1.29 is 4.74 Å². The number of hydrogen-bond donors (Lipinski definition) is 0. The van der Waals surface area contributed by atoms with Gasteiger partial charge in [0, 0.05) is 22.5 Å². The summed E-state index contributed by atoms with van der Waals surface area (Å²) in [5.74, 6) is 1.78. The highest BCUT2D eigenvalue weighted by Gasteiger charge is 2.43. The second-order valence-electron chi connectivity index (χ2n) is 14.7. The average molecular weight is 683 g/mol. The fourth-order valence-electron chi connectivity index (χ4n) is 8.54. The Morgan fingerprint density at radius 1 is 0.491 bits per heavy atom. The SMILES string of the molecule is Cc1cccc2c1N1c3ccccc3C(C)(C)c3c(-c4ccc(N(c5ccc(-c6ccccc6)cc5)c5ccc6ccccc6c5)cc4)ccc(c31)O2. The van der Waals surface area contributed by atoms with E-state index in [0.29, 0.717) is 0 Å². The molecule has 0 spiro atoms. The molecule has 254 valence electrons. The van der Waals surface area contributed by atoms with E-state index in [1.54, 1.807) is 0 Å². The third-order valence-electron chi connectivity index (χ3n) is 11.1. The Balaban J connectivity index is 1.11. The van der Waals surface area contributed by atoms with Gasteiger partial charge in [-0.05, 0) is 111 Å². The second-order valence-corrected chi connectivity index (χ2v) is 14.7. The summed E-state index contributed by atoms with van der Waals surface area (Å²) in [5.41, 5.74) is 15.1. The number of rotatable bonds is 5. The molecule has 0 unspecified atom stereocenters. The highest BCUT2D eigenvalue weighted by Crippen LogP contribution is 2.62. The monoisotopic (exact) mass is 682 g/mol. The number of hydrogen-bond acceptors (Lipinski definition) is 3. The molecule has 2 aliphatic rings. The van der Waals surface area contributed by atoms with Crippen LogP contribution in [0.4, 0.5) is 34.1 Å². The molecular formula is C50H38N2O. The van der Waals surface area contributed by atoms with Crippen LogP contribution in [0.3, 0.4) is 0 Å². The third kappa shape index (κ3) is 4.96. The minimum Gasteiger partial charge on any atom is -0.453 e. The summed E-state index contributed by atoms with van der Waals surface area (Å²) in [6.45, 7) is 6.88. The van der Waals surface area contributed by atoms with Crippen LogP contribution in [0.15, 0.2) is 176 Å². The molecule has 0 aromatic heterocycles. The zero-order chi connectivity index (χ0) is 35.7. The van der Waals surface area contributed by atoms with E-state index in [1.807, 2.05) is 0 Å². The fourth-order valence-corrected chi connectivity index (χ4v) is 8.54. The molecule has 0 atom stereocenters. The van der Waals surface area contributed by atoms with Crippen molar-refractivity contribution >= 4 is 44.9 Å². The maximum atomic E-state index is 6.67. The molecule has 8 aromatic carbocycles. The molecule has 0 N–H and O–H groups in total. The molecule has 0 fully saturated rings. The molecule has 53 heavy (non-hydrogen) atoms. The standard InChI is InChI=1S/C50H38N2O/c1-33-12-11-19-45-48(33)52-44-18-10-9-17-43(44)50(2,3)47-42(30-31-46(53-45)49(47)52)37-23-27-40(28-24-37)51(41-29-22-35-15-7-8-16-38(35)32-41)39-25-20-36(21-26-39)34-13-5-4-6-14-34/h4-32H,1-3H3. The minimum absolute atomic E-state index is 0.270. The van der Waals surface area contributed by atoms with Crippen molar-refractivity contribution in [3.63, 3.8) is 0 Å². The van der Waals surface area contributed by atoms with Crippen molar-refractivity contribution in [1.82, 2.24) is 0 Å². The van der Waals surface area contributed by atoms with Gasteiger partial charge in [-0.1, -0.05) is 135 Å². The van der Waals surface area contributed by atoms with E-state index in [-0.39, 0.29) is 5.41 Å². The second kappa shape index (κ2) is 12.0. The Morgan fingerprint density at radius 2 is 1.11 bits per heavy atom. The maximum Gasteiger partial charge on any atom is 0.151 e. The van der Waals surface area contributed by atoms with Crippen LogP contribution < -0.4 is 14.5 Å². The number of benzene rings is 8. The first-order chi connectivity index (χ1) is 26.0. The molecule has 8 aromatic rings. The van der Waals surface area contributed by atoms with Crippen LogP contribution in [0.2, 0.25) is 0 Å². The van der Waals surface area contributed by atoms with Crippen LogP contribution in [0.5, 0.6) is 11.5 Å². The normalized spacial score (nSPS) is 13.5. The summed E-state index contributed by atoms with van der Waals surface area (Å²) in [6.07, 6.45) is 0. The van der Waals surface area contributed by atoms with E-state index in [1.165, 1.54) is 55.4 Å². The summed E-state index contributed by atoms with van der Waals surface area (Å²) in [7, 11) is 0. The van der Waals surface area contributed by atoms with Crippen molar-refractivity contribution in [2.45, 2.75) is 26.2 Å². The number of para-hydroxylation sites is 2. The first-order valence-electron chi connectivity index (χ1n) is 18.4. The summed E-state index contributed by atoms with van der Waals surface area (Å²) >= 11 is 0. The van der Waals surface area contributed by atoms with Crippen LogP contribution in [-0.2, 0) is 5.41 Å². The zero-order valence-electron chi connectivity index (χ0n) is 30.0. The first kappa shape index (κ1) is 31.2. The van der Waals surface area contributed by atoms with Gasteiger partial charge in [0.15, 0.2) is 11.5 Å². The molecule has 0 aliphatic carbocycles. The number of ether oxygens (including phenoxy) is 1. The molecule has 0 bridgehead atoms. The number of aryl methyl sites for hydroxylation is 1. The van der Waals surface area contributed by atoms with Gasteiger partial charge in [-0.2, -0.15) is 0 Å². The topological polar surface area (TPSA) is 15.7 Å². The van der Waals surface area contributed by atoms with Crippen LogP contribution in [-0.4, -0.2) is 0 Å². The van der Waals surface area contributed by atoms with Gasteiger partial charge < -0.3 is 14.5 Å². The van der Waals surface area contributed by atoms with Crippen molar-refractivity contribution in [3.8, 4) is 33.8 Å². The Morgan fingerprint density at radius 3 is 1.89 bits per heavy atom. The van der Waals surface area contributed by atoms with Gasteiger partial charge in [0.2, 0.25) is 0 Å². The smallest absolute Gasteiger partial charge is 0.151 e. The zero-order valence-corrected chi connectivity index (χ0v) is 30.0. The van der Waals surface area contributed by atoms with Gasteiger partial charge in [0.05, 0.1) is 17.1 Å². The van der Waals surface area contributed by atoms with E-state index >= 15 is 0 Å². The molecule has 3 nitrogen and oxygen atoms in total. The quantitative estimate of drug-likeness (QED) is 0.180. The lowest BCUT2D eigenvalue weighted by Crippen LogP contribution is -2.33.